The van der Waals surface area contributed by atoms with E-state index in [0.717, 1.165) is 19.0 Å². The number of rotatable bonds is 5. The van der Waals surface area contributed by atoms with Gasteiger partial charge in [0.15, 0.2) is 0 Å². The predicted octanol–water partition coefficient (Wildman–Crippen LogP) is 2.34. The van der Waals surface area contributed by atoms with E-state index in [4.69, 9.17) is 17.3 Å². The highest BCUT2D eigenvalue weighted by Crippen LogP contribution is 2.43. The van der Waals surface area contributed by atoms with Crippen molar-refractivity contribution in [1.29, 1.82) is 0 Å². The number of aromatic hydroxyl groups is 1. The monoisotopic (exact) mass is 397 g/mol. The van der Waals surface area contributed by atoms with Crippen LogP contribution in [0.3, 0.4) is 0 Å². The van der Waals surface area contributed by atoms with Gasteiger partial charge in [-0.25, -0.2) is 9.18 Å². The van der Waals surface area contributed by atoms with Crippen molar-refractivity contribution >= 4 is 34.2 Å². The first-order chi connectivity index (χ1) is 12.8. The molecule has 2 heterocycles. The lowest BCUT2D eigenvalue weighted by atomic mass is 10.1. The van der Waals surface area contributed by atoms with Crippen molar-refractivity contribution in [3.8, 4) is 5.75 Å². The maximum absolute atomic E-state index is 13.1. The number of nitrogens with two attached hydrogens (primary N) is 1. The van der Waals surface area contributed by atoms with Crippen molar-refractivity contribution in [2.45, 2.75) is 38.4 Å². The molecule has 3 rings (SSSR count). The fourth-order valence-electron chi connectivity index (χ4n) is 3.80. The van der Waals surface area contributed by atoms with E-state index in [1.807, 2.05) is 11.8 Å². The summed E-state index contributed by atoms with van der Waals surface area (Å²) in [4.78, 5) is 25.8. The fourth-order valence-corrected chi connectivity index (χ4v) is 4.22. The van der Waals surface area contributed by atoms with Gasteiger partial charge >= 0.3 is 5.97 Å². The lowest BCUT2D eigenvalue weighted by molar-refractivity contribution is 0.0694. The van der Waals surface area contributed by atoms with Crippen LogP contribution in [0.5, 0.6) is 5.75 Å². The summed E-state index contributed by atoms with van der Waals surface area (Å²) in [6.45, 7) is 1.56. The number of pyridine rings is 1. The normalized spacial score (nSPS) is 18.2. The minimum atomic E-state index is -1.43. The zero-order valence-corrected chi connectivity index (χ0v) is 15.5. The number of anilines is 1. The molecule has 0 radical (unpaired) electrons. The second-order valence-electron chi connectivity index (χ2n) is 6.78. The van der Waals surface area contributed by atoms with Crippen LogP contribution >= 0.6 is 11.6 Å². The van der Waals surface area contributed by atoms with Gasteiger partial charge in [-0.05, 0) is 25.8 Å². The van der Waals surface area contributed by atoms with E-state index in [1.165, 1.54) is 10.6 Å². The van der Waals surface area contributed by atoms with Gasteiger partial charge in [0.2, 0.25) is 5.43 Å². The van der Waals surface area contributed by atoms with E-state index < -0.39 is 23.6 Å². The summed E-state index contributed by atoms with van der Waals surface area (Å²) in [6.07, 6.45) is 2.79. The SMILES string of the molecule is CC(N)C1CCCN1c1c(O)cc2c(=O)c(C(=O)O)cn(CCF)c2c1Cl. The summed E-state index contributed by atoms with van der Waals surface area (Å²) in [6, 6.07) is 1.00. The summed E-state index contributed by atoms with van der Waals surface area (Å²) >= 11 is 6.57. The van der Waals surface area contributed by atoms with Gasteiger partial charge in [0.25, 0.3) is 0 Å². The number of alkyl halides is 1. The minimum Gasteiger partial charge on any atom is -0.506 e. The van der Waals surface area contributed by atoms with Gasteiger partial charge in [-0.3, -0.25) is 4.79 Å². The Kier molecular flexibility index (Phi) is 5.30. The number of phenolic OH excluding ortho intramolecular Hbond substituents is 1. The molecule has 2 aromatic rings. The van der Waals surface area contributed by atoms with Crippen molar-refractivity contribution in [1.82, 2.24) is 4.57 Å². The molecule has 9 heteroatoms. The van der Waals surface area contributed by atoms with Crippen molar-refractivity contribution in [3.63, 3.8) is 0 Å². The van der Waals surface area contributed by atoms with Crippen LogP contribution in [0.15, 0.2) is 17.1 Å². The number of carboxylic acid groups (broad SMARTS) is 1. The summed E-state index contributed by atoms with van der Waals surface area (Å²) in [5.41, 5.74) is 5.31. The third kappa shape index (κ3) is 3.23. The standard InChI is InChI=1S/C18H21ClFN3O4/c1-9(21)12-3-2-5-23(12)16-13(24)7-10-15(14(16)19)22(6-4-20)8-11(17(10)25)18(26)27/h7-9,12,24H,2-6,21H2,1H3,(H,26,27). The van der Waals surface area contributed by atoms with E-state index in [-0.39, 0.29) is 40.3 Å². The molecular formula is C18H21ClFN3O4. The molecule has 1 aliphatic rings. The Morgan fingerprint density at radius 1 is 1.52 bits per heavy atom. The van der Waals surface area contributed by atoms with E-state index in [9.17, 15) is 24.2 Å². The fraction of sp³-hybridized carbons (Fsp3) is 0.444. The Balaban J connectivity index is 2.33. The minimum absolute atomic E-state index is 0.0366. The smallest absolute Gasteiger partial charge is 0.341 e. The lowest BCUT2D eigenvalue weighted by Crippen LogP contribution is -2.42. The zero-order chi connectivity index (χ0) is 19.9. The number of carbonyl (C=O) groups is 1. The average molecular weight is 398 g/mol. The Labute approximate surface area is 159 Å². The van der Waals surface area contributed by atoms with E-state index in [1.54, 1.807) is 0 Å². The first-order valence-corrected chi connectivity index (χ1v) is 9.05. The summed E-state index contributed by atoms with van der Waals surface area (Å²) in [5, 5.41) is 19.9. The summed E-state index contributed by atoms with van der Waals surface area (Å²) in [5.74, 6) is -1.66. The lowest BCUT2D eigenvalue weighted by Gasteiger charge is -2.31. The molecule has 0 bridgehead atoms. The Morgan fingerprint density at radius 2 is 2.22 bits per heavy atom. The van der Waals surface area contributed by atoms with Crippen LogP contribution in [0.4, 0.5) is 10.1 Å². The molecule has 27 heavy (non-hydrogen) atoms. The second kappa shape index (κ2) is 7.36. The van der Waals surface area contributed by atoms with Gasteiger partial charge < -0.3 is 25.4 Å². The number of aromatic carboxylic acids is 1. The van der Waals surface area contributed by atoms with Crippen molar-refractivity contribution in [2.75, 3.05) is 18.1 Å². The molecule has 1 aromatic heterocycles. The van der Waals surface area contributed by atoms with E-state index in [2.05, 4.69) is 0 Å². The molecule has 0 amide bonds. The number of fused-ring (bicyclic) bond motifs is 1. The molecule has 7 nitrogen and oxygen atoms in total. The number of aryl methyl sites for hydroxylation is 1. The number of aromatic nitrogens is 1. The quantitative estimate of drug-likeness (QED) is 0.714. The number of benzene rings is 1. The molecule has 0 saturated carbocycles. The number of halogens is 2. The molecule has 1 aromatic carbocycles. The van der Waals surface area contributed by atoms with Gasteiger partial charge in [-0.2, -0.15) is 0 Å². The van der Waals surface area contributed by atoms with Gasteiger partial charge in [0.1, 0.15) is 23.7 Å². The van der Waals surface area contributed by atoms with Gasteiger partial charge in [0.05, 0.1) is 22.5 Å². The van der Waals surface area contributed by atoms with Crippen LogP contribution in [0.1, 0.15) is 30.1 Å². The van der Waals surface area contributed by atoms with Crippen molar-refractivity contribution in [2.24, 2.45) is 5.73 Å². The van der Waals surface area contributed by atoms with Gasteiger partial charge in [0, 0.05) is 24.8 Å². The first kappa shape index (κ1) is 19.4. The maximum atomic E-state index is 13.1. The topological polar surface area (TPSA) is 109 Å². The van der Waals surface area contributed by atoms with Crippen molar-refractivity contribution < 1.29 is 19.4 Å². The van der Waals surface area contributed by atoms with Crippen LogP contribution < -0.4 is 16.1 Å². The maximum Gasteiger partial charge on any atom is 0.341 e. The number of hydrogen-bond acceptors (Lipinski definition) is 5. The Hall–Kier alpha value is -2.32. The van der Waals surface area contributed by atoms with Crippen LogP contribution in [0, 0.1) is 0 Å². The number of hydrogen-bond donors (Lipinski definition) is 3. The molecule has 2 atom stereocenters. The highest BCUT2D eigenvalue weighted by atomic mass is 35.5. The van der Waals surface area contributed by atoms with Crippen LogP contribution in [-0.2, 0) is 6.54 Å². The molecule has 0 spiro atoms. The molecule has 2 unspecified atom stereocenters. The molecule has 1 aliphatic heterocycles. The molecular weight excluding hydrogens is 377 g/mol. The van der Waals surface area contributed by atoms with Crippen LogP contribution in [0.2, 0.25) is 5.02 Å². The van der Waals surface area contributed by atoms with Gasteiger partial charge in [-0.15, -0.1) is 0 Å². The number of phenols is 1. The summed E-state index contributed by atoms with van der Waals surface area (Å²) in [7, 11) is 0. The van der Waals surface area contributed by atoms with E-state index >= 15 is 0 Å². The van der Waals surface area contributed by atoms with Crippen LogP contribution in [0.25, 0.3) is 10.9 Å². The number of nitrogens with zero attached hydrogens (tertiary/aromatic N) is 2. The second-order valence-corrected chi connectivity index (χ2v) is 7.15. The third-order valence-electron chi connectivity index (χ3n) is 5.01. The van der Waals surface area contributed by atoms with Gasteiger partial charge in [-0.1, -0.05) is 11.6 Å². The highest BCUT2D eigenvalue weighted by Gasteiger charge is 2.32. The molecule has 1 saturated heterocycles. The Bertz CT molecular complexity index is 960. The first-order valence-electron chi connectivity index (χ1n) is 8.68. The molecule has 4 N–H and O–H groups in total. The largest absolute Gasteiger partial charge is 0.506 e. The highest BCUT2D eigenvalue weighted by molar-refractivity contribution is 6.38. The molecule has 1 fully saturated rings. The zero-order valence-electron chi connectivity index (χ0n) is 14.8. The third-order valence-corrected chi connectivity index (χ3v) is 5.36. The van der Waals surface area contributed by atoms with Crippen molar-refractivity contribution in [3.05, 3.63) is 33.1 Å². The molecule has 146 valence electrons. The Morgan fingerprint density at radius 3 is 2.81 bits per heavy atom. The van der Waals surface area contributed by atoms with E-state index in [0.29, 0.717) is 12.2 Å². The molecule has 0 aliphatic carbocycles. The summed E-state index contributed by atoms with van der Waals surface area (Å²) < 4.78 is 14.4. The number of carboxylic acids is 1. The predicted molar refractivity (Wildman–Crippen MR) is 102 cm³/mol. The van der Waals surface area contributed by atoms with Crippen LogP contribution in [-0.4, -0.2) is 46.1 Å². The average Bonchev–Trinajstić information content (AvgIpc) is 3.06.